The van der Waals surface area contributed by atoms with Crippen molar-refractivity contribution in [2.24, 2.45) is 0 Å². The molecule has 1 N–H and O–H groups in total. The van der Waals surface area contributed by atoms with E-state index in [1.54, 1.807) is 6.07 Å². The van der Waals surface area contributed by atoms with Crippen LogP contribution >= 0.6 is 11.8 Å². The number of aromatic nitrogens is 1. The summed E-state index contributed by atoms with van der Waals surface area (Å²) in [5.74, 6) is 0.667. The molecule has 0 atom stereocenters. The second kappa shape index (κ2) is 8.19. The Morgan fingerprint density at radius 3 is 2.77 bits per heavy atom. The molecule has 1 aliphatic rings. The third kappa shape index (κ3) is 4.74. The average Bonchev–Trinajstić information content (AvgIpc) is 2.53. The van der Waals surface area contributed by atoms with Crippen LogP contribution < -0.4 is 5.32 Å². The van der Waals surface area contributed by atoms with Gasteiger partial charge in [0.2, 0.25) is 5.91 Å². The predicted octanol–water partition coefficient (Wildman–Crippen LogP) is 3.62. The monoisotopic (exact) mass is 317 g/mol. The van der Waals surface area contributed by atoms with Crippen LogP contribution in [0.3, 0.4) is 0 Å². The van der Waals surface area contributed by atoms with Gasteiger partial charge in [0.25, 0.3) is 0 Å². The molecule has 118 valence electrons. The van der Waals surface area contributed by atoms with Crippen molar-refractivity contribution in [3.05, 3.63) is 23.4 Å². The van der Waals surface area contributed by atoms with Gasteiger partial charge in [0.05, 0.1) is 11.3 Å². The number of hydrogen-bond acceptors (Lipinski definition) is 4. The molecule has 22 heavy (non-hydrogen) atoms. The molecule has 1 aromatic rings. The van der Waals surface area contributed by atoms with Crippen molar-refractivity contribution in [2.45, 2.75) is 62.9 Å². The number of thioether (sulfide) groups is 1. The molecule has 2 rings (SSSR count). The number of nitrogens with zero attached hydrogens (tertiary/aromatic N) is 2. The Hall–Kier alpha value is -1.54. The van der Waals surface area contributed by atoms with Gasteiger partial charge in [0.1, 0.15) is 11.1 Å². The number of hydrogen-bond donors (Lipinski definition) is 1. The number of nitriles is 1. The highest BCUT2D eigenvalue weighted by molar-refractivity contribution is 8.00. The molecule has 0 saturated heterocycles. The first kappa shape index (κ1) is 16.8. The third-order valence-corrected chi connectivity index (χ3v) is 4.90. The lowest BCUT2D eigenvalue weighted by molar-refractivity contribution is -0.119. The molecule has 1 aliphatic carbocycles. The van der Waals surface area contributed by atoms with E-state index >= 15 is 0 Å². The maximum atomic E-state index is 12.1. The molecule has 1 heterocycles. The first-order valence-corrected chi connectivity index (χ1v) is 8.92. The molecule has 1 fully saturated rings. The highest BCUT2D eigenvalue weighted by Crippen LogP contribution is 2.23. The van der Waals surface area contributed by atoms with Gasteiger partial charge >= 0.3 is 0 Å². The summed E-state index contributed by atoms with van der Waals surface area (Å²) in [6.07, 6.45) is 5.85. The zero-order valence-corrected chi connectivity index (χ0v) is 14.1. The maximum Gasteiger partial charge on any atom is 0.230 e. The van der Waals surface area contributed by atoms with Gasteiger partial charge in [-0.15, -0.1) is 0 Å². The molecule has 0 bridgehead atoms. The van der Waals surface area contributed by atoms with Crippen molar-refractivity contribution >= 4 is 17.7 Å². The van der Waals surface area contributed by atoms with E-state index in [0.29, 0.717) is 28.3 Å². The Bertz CT molecular complexity index is 560. The Kier molecular flexibility index (Phi) is 6.26. The molecule has 0 aromatic carbocycles. The van der Waals surface area contributed by atoms with Crippen molar-refractivity contribution in [1.29, 1.82) is 5.26 Å². The van der Waals surface area contributed by atoms with Gasteiger partial charge in [-0.3, -0.25) is 4.79 Å². The van der Waals surface area contributed by atoms with E-state index in [1.165, 1.54) is 31.0 Å². The smallest absolute Gasteiger partial charge is 0.230 e. The van der Waals surface area contributed by atoms with E-state index in [-0.39, 0.29) is 5.91 Å². The second-order valence-corrected chi connectivity index (χ2v) is 7.01. The van der Waals surface area contributed by atoms with Crippen LogP contribution in [0.2, 0.25) is 0 Å². The first-order chi connectivity index (χ1) is 10.6. The fraction of sp³-hybridized carbons (Fsp3) is 0.588. The lowest BCUT2D eigenvalue weighted by atomic mass is 9.95. The second-order valence-electron chi connectivity index (χ2n) is 6.05. The van der Waals surface area contributed by atoms with Gasteiger partial charge in [-0.25, -0.2) is 4.98 Å². The lowest BCUT2D eigenvalue weighted by Gasteiger charge is -2.22. The molecule has 1 amide bonds. The number of nitrogens with one attached hydrogen (secondary N) is 1. The summed E-state index contributed by atoms with van der Waals surface area (Å²) in [6, 6.07) is 6.16. The highest BCUT2D eigenvalue weighted by atomic mass is 32.2. The SMILES string of the molecule is CC(C)c1ccc(C#N)c(SCC(=O)NC2CCCCC2)n1. The molecular weight excluding hydrogens is 294 g/mol. The zero-order valence-electron chi connectivity index (χ0n) is 13.3. The number of carbonyl (C=O) groups excluding carboxylic acids is 1. The number of pyridine rings is 1. The summed E-state index contributed by atoms with van der Waals surface area (Å²) < 4.78 is 0. The Morgan fingerprint density at radius 1 is 1.41 bits per heavy atom. The fourth-order valence-electron chi connectivity index (χ4n) is 2.62. The van der Waals surface area contributed by atoms with Gasteiger partial charge in [-0.1, -0.05) is 44.9 Å². The van der Waals surface area contributed by atoms with Crippen molar-refractivity contribution < 1.29 is 4.79 Å². The molecule has 0 unspecified atom stereocenters. The van der Waals surface area contributed by atoms with E-state index in [2.05, 4.69) is 30.2 Å². The van der Waals surface area contributed by atoms with E-state index < -0.39 is 0 Å². The molecule has 0 aliphatic heterocycles. The Balaban J connectivity index is 1.93. The Morgan fingerprint density at radius 2 is 2.14 bits per heavy atom. The summed E-state index contributed by atoms with van der Waals surface area (Å²) >= 11 is 1.35. The minimum absolute atomic E-state index is 0.0394. The van der Waals surface area contributed by atoms with E-state index in [0.717, 1.165) is 18.5 Å². The van der Waals surface area contributed by atoms with Gasteiger partial charge in [-0.05, 0) is 30.9 Å². The van der Waals surface area contributed by atoms with Crippen molar-refractivity contribution in [3.8, 4) is 6.07 Å². The molecule has 0 spiro atoms. The normalized spacial score (nSPS) is 15.5. The zero-order chi connectivity index (χ0) is 15.9. The summed E-state index contributed by atoms with van der Waals surface area (Å²) in [4.78, 5) is 16.6. The van der Waals surface area contributed by atoms with Crippen LogP contribution in [0.5, 0.6) is 0 Å². The predicted molar refractivity (Wildman–Crippen MR) is 88.8 cm³/mol. The lowest BCUT2D eigenvalue weighted by Crippen LogP contribution is -2.37. The van der Waals surface area contributed by atoms with E-state index in [9.17, 15) is 10.1 Å². The van der Waals surface area contributed by atoms with E-state index in [4.69, 9.17) is 0 Å². The van der Waals surface area contributed by atoms with Gasteiger partial charge in [0.15, 0.2) is 0 Å². The third-order valence-electron chi connectivity index (χ3n) is 3.90. The largest absolute Gasteiger partial charge is 0.353 e. The molecule has 5 heteroatoms. The van der Waals surface area contributed by atoms with Gasteiger partial charge in [-0.2, -0.15) is 5.26 Å². The highest BCUT2D eigenvalue weighted by Gasteiger charge is 2.16. The van der Waals surface area contributed by atoms with Crippen molar-refractivity contribution in [3.63, 3.8) is 0 Å². The Labute approximate surface area is 136 Å². The van der Waals surface area contributed by atoms with Crippen LogP contribution in [0.25, 0.3) is 0 Å². The van der Waals surface area contributed by atoms with Crippen LogP contribution in [0.15, 0.2) is 17.2 Å². The summed E-state index contributed by atoms with van der Waals surface area (Å²) in [5, 5.41) is 12.9. The van der Waals surface area contributed by atoms with Crippen LogP contribution in [-0.2, 0) is 4.79 Å². The van der Waals surface area contributed by atoms with Crippen LogP contribution in [-0.4, -0.2) is 22.7 Å². The summed E-state index contributed by atoms with van der Waals surface area (Å²) in [5.41, 5.74) is 1.49. The van der Waals surface area contributed by atoms with Crippen LogP contribution in [0.4, 0.5) is 0 Å². The number of amides is 1. The first-order valence-electron chi connectivity index (χ1n) is 7.93. The van der Waals surface area contributed by atoms with Crippen molar-refractivity contribution in [1.82, 2.24) is 10.3 Å². The van der Waals surface area contributed by atoms with E-state index in [1.807, 2.05) is 6.07 Å². The average molecular weight is 317 g/mol. The summed E-state index contributed by atoms with van der Waals surface area (Å²) in [6.45, 7) is 4.14. The van der Waals surface area contributed by atoms with Gasteiger partial charge in [0, 0.05) is 11.7 Å². The minimum Gasteiger partial charge on any atom is -0.353 e. The topological polar surface area (TPSA) is 65.8 Å². The number of carbonyl (C=O) groups is 1. The standard InChI is InChI=1S/C17H23N3OS/c1-12(2)15-9-8-13(10-18)17(20-15)22-11-16(21)19-14-6-4-3-5-7-14/h8-9,12,14H,3-7,11H2,1-2H3,(H,19,21). The minimum atomic E-state index is 0.0394. The van der Waals surface area contributed by atoms with Crippen molar-refractivity contribution in [2.75, 3.05) is 5.75 Å². The molecular formula is C17H23N3OS. The number of rotatable bonds is 5. The van der Waals surface area contributed by atoms with Gasteiger partial charge < -0.3 is 5.32 Å². The van der Waals surface area contributed by atoms with Crippen LogP contribution in [0.1, 0.15) is 63.1 Å². The van der Waals surface area contributed by atoms with Crippen LogP contribution in [0, 0.1) is 11.3 Å². The molecule has 1 saturated carbocycles. The fourth-order valence-corrected chi connectivity index (χ4v) is 3.41. The molecule has 4 nitrogen and oxygen atoms in total. The molecule has 0 radical (unpaired) electrons. The molecule has 1 aromatic heterocycles. The quantitative estimate of drug-likeness (QED) is 0.842. The maximum absolute atomic E-state index is 12.1. The summed E-state index contributed by atoms with van der Waals surface area (Å²) in [7, 11) is 0.